The molecule has 2 nitrogen and oxygen atoms in total. The zero-order valence-electron chi connectivity index (χ0n) is 14.0. The van der Waals surface area contributed by atoms with Gasteiger partial charge in [0.2, 0.25) is 0 Å². The van der Waals surface area contributed by atoms with E-state index in [1.807, 2.05) is 0 Å². The molecule has 1 atom stereocenters. The first-order valence-electron chi connectivity index (χ1n) is 9.18. The van der Waals surface area contributed by atoms with Crippen LogP contribution < -0.4 is 5.32 Å². The Morgan fingerprint density at radius 2 is 1.75 bits per heavy atom. The maximum absolute atomic E-state index is 3.88. The fourth-order valence-corrected chi connectivity index (χ4v) is 3.63. The zero-order chi connectivity index (χ0) is 14.4. The minimum Gasteiger partial charge on any atom is -0.312 e. The van der Waals surface area contributed by atoms with Gasteiger partial charge in [-0.2, -0.15) is 0 Å². The molecule has 20 heavy (non-hydrogen) atoms. The van der Waals surface area contributed by atoms with Crippen LogP contribution in [0.15, 0.2) is 0 Å². The van der Waals surface area contributed by atoms with Gasteiger partial charge in [-0.25, -0.2) is 0 Å². The highest BCUT2D eigenvalue weighted by molar-refractivity contribution is 4.86. The quantitative estimate of drug-likeness (QED) is 0.685. The Kier molecular flexibility index (Phi) is 6.83. The van der Waals surface area contributed by atoms with Gasteiger partial charge in [0.1, 0.15) is 0 Å². The third kappa shape index (κ3) is 5.37. The third-order valence-corrected chi connectivity index (χ3v) is 5.23. The average Bonchev–Trinajstić information content (AvgIpc) is 3.27. The summed E-state index contributed by atoms with van der Waals surface area (Å²) in [6.07, 6.45) is 11.5. The van der Waals surface area contributed by atoms with Gasteiger partial charge >= 0.3 is 0 Å². The van der Waals surface area contributed by atoms with E-state index >= 15 is 0 Å². The Morgan fingerprint density at radius 1 is 1.05 bits per heavy atom. The number of hydrogen-bond acceptors (Lipinski definition) is 2. The smallest absolute Gasteiger partial charge is 0.0223 e. The number of rotatable bonds is 9. The van der Waals surface area contributed by atoms with E-state index < -0.39 is 0 Å². The molecule has 1 unspecified atom stereocenters. The Balaban J connectivity index is 1.88. The minimum absolute atomic E-state index is 0.699. The van der Waals surface area contributed by atoms with Crippen LogP contribution in [0.2, 0.25) is 0 Å². The second kappa shape index (κ2) is 8.38. The van der Waals surface area contributed by atoms with Crippen LogP contribution in [0.4, 0.5) is 0 Å². The molecule has 0 aromatic carbocycles. The van der Waals surface area contributed by atoms with Crippen molar-refractivity contribution in [1.29, 1.82) is 0 Å². The van der Waals surface area contributed by atoms with Crippen molar-refractivity contribution in [2.75, 3.05) is 19.6 Å². The monoisotopic (exact) mass is 280 g/mol. The number of nitrogens with zero attached hydrogens (tertiary/aromatic N) is 1. The van der Waals surface area contributed by atoms with Crippen LogP contribution in [-0.2, 0) is 0 Å². The summed E-state index contributed by atoms with van der Waals surface area (Å²) in [5.41, 5.74) is 0. The van der Waals surface area contributed by atoms with Crippen molar-refractivity contribution in [2.24, 2.45) is 11.8 Å². The van der Waals surface area contributed by atoms with Gasteiger partial charge in [-0.15, -0.1) is 0 Å². The highest BCUT2D eigenvalue weighted by Crippen LogP contribution is 2.31. The predicted molar refractivity (Wildman–Crippen MR) is 88.1 cm³/mol. The van der Waals surface area contributed by atoms with Crippen molar-refractivity contribution in [3.63, 3.8) is 0 Å². The molecule has 2 fully saturated rings. The lowest BCUT2D eigenvalue weighted by molar-refractivity contribution is 0.151. The summed E-state index contributed by atoms with van der Waals surface area (Å²) >= 11 is 0. The van der Waals surface area contributed by atoms with Gasteiger partial charge < -0.3 is 5.32 Å². The number of nitrogens with one attached hydrogen (secondary N) is 1. The van der Waals surface area contributed by atoms with E-state index in [4.69, 9.17) is 0 Å². The molecule has 2 saturated carbocycles. The molecule has 0 amide bonds. The van der Waals surface area contributed by atoms with E-state index in [1.54, 1.807) is 0 Å². The summed E-state index contributed by atoms with van der Waals surface area (Å²) in [5.74, 6) is 1.94. The molecule has 0 heterocycles. The fourth-order valence-electron chi connectivity index (χ4n) is 3.63. The molecular formula is C18H36N2. The molecule has 0 aromatic heterocycles. The van der Waals surface area contributed by atoms with Gasteiger partial charge in [-0.05, 0) is 64.3 Å². The molecule has 0 aromatic rings. The number of hydrogen-bond donors (Lipinski definition) is 1. The van der Waals surface area contributed by atoms with E-state index in [2.05, 4.69) is 31.0 Å². The lowest BCUT2D eigenvalue weighted by Gasteiger charge is -2.37. The Bertz CT molecular complexity index is 254. The van der Waals surface area contributed by atoms with Gasteiger partial charge in [0.15, 0.2) is 0 Å². The SMILES string of the molecule is CCCNC(CN(CC1CC1)C(C)C)C1CCCCC1. The Hall–Kier alpha value is -0.0800. The highest BCUT2D eigenvalue weighted by Gasteiger charge is 2.29. The molecule has 0 aliphatic heterocycles. The van der Waals surface area contributed by atoms with Crippen LogP contribution in [0, 0.1) is 11.8 Å². The van der Waals surface area contributed by atoms with Crippen LogP contribution >= 0.6 is 0 Å². The molecule has 2 aliphatic carbocycles. The molecule has 0 saturated heterocycles. The van der Waals surface area contributed by atoms with E-state index in [9.17, 15) is 0 Å². The van der Waals surface area contributed by atoms with Crippen molar-refractivity contribution >= 4 is 0 Å². The first kappa shape index (κ1) is 16.3. The fraction of sp³-hybridized carbons (Fsp3) is 1.00. The molecule has 1 N–H and O–H groups in total. The first-order chi connectivity index (χ1) is 9.70. The van der Waals surface area contributed by atoms with Crippen molar-refractivity contribution in [3.05, 3.63) is 0 Å². The van der Waals surface area contributed by atoms with Crippen molar-refractivity contribution in [2.45, 2.75) is 84.2 Å². The highest BCUT2D eigenvalue weighted by atomic mass is 15.2. The second-order valence-corrected chi connectivity index (χ2v) is 7.45. The predicted octanol–water partition coefficient (Wildman–Crippen LogP) is 4.06. The standard InChI is InChI=1S/C18H36N2/c1-4-12-19-18(17-8-6-5-7-9-17)14-20(15(2)3)13-16-10-11-16/h15-19H,4-14H2,1-3H3. The van der Waals surface area contributed by atoms with Crippen molar-refractivity contribution in [3.8, 4) is 0 Å². The molecular weight excluding hydrogens is 244 g/mol. The Labute approximate surface area is 126 Å². The summed E-state index contributed by atoms with van der Waals surface area (Å²) in [6.45, 7) is 10.8. The lowest BCUT2D eigenvalue weighted by atomic mass is 9.83. The molecule has 0 radical (unpaired) electrons. The van der Waals surface area contributed by atoms with Gasteiger partial charge in [0, 0.05) is 25.2 Å². The van der Waals surface area contributed by atoms with Gasteiger partial charge in [0.05, 0.1) is 0 Å². The van der Waals surface area contributed by atoms with E-state index in [-0.39, 0.29) is 0 Å². The molecule has 2 aliphatic rings. The normalized spacial score (nSPS) is 22.6. The van der Waals surface area contributed by atoms with Gasteiger partial charge in [0.25, 0.3) is 0 Å². The maximum atomic E-state index is 3.88. The Morgan fingerprint density at radius 3 is 2.30 bits per heavy atom. The summed E-state index contributed by atoms with van der Waals surface area (Å²) in [6, 6.07) is 1.43. The van der Waals surface area contributed by atoms with Crippen molar-refractivity contribution in [1.82, 2.24) is 10.2 Å². The lowest BCUT2D eigenvalue weighted by Crippen LogP contribution is -2.49. The van der Waals surface area contributed by atoms with Crippen LogP contribution in [0.25, 0.3) is 0 Å². The van der Waals surface area contributed by atoms with Crippen LogP contribution in [0.3, 0.4) is 0 Å². The third-order valence-electron chi connectivity index (χ3n) is 5.23. The van der Waals surface area contributed by atoms with Crippen molar-refractivity contribution < 1.29 is 0 Å². The zero-order valence-corrected chi connectivity index (χ0v) is 14.0. The van der Waals surface area contributed by atoms with Gasteiger partial charge in [-0.1, -0.05) is 26.2 Å². The van der Waals surface area contributed by atoms with Crippen LogP contribution in [0.5, 0.6) is 0 Å². The molecule has 0 spiro atoms. The van der Waals surface area contributed by atoms with E-state index in [1.165, 1.54) is 71.0 Å². The largest absolute Gasteiger partial charge is 0.312 e. The van der Waals surface area contributed by atoms with Gasteiger partial charge in [-0.3, -0.25) is 4.90 Å². The van der Waals surface area contributed by atoms with E-state index in [0.717, 1.165) is 17.9 Å². The topological polar surface area (TPSA) is 15.3 Å². The molecule has 2 rings (SSSR count). The van der Waals surface area contributed by atoms with Crippen LogP contribution in [0.1, 0.15) is 72.1 Å². The average molecular weight is 280 g/mol. The maximum Gasteiger partial charge on any atom is 0.0223 e. The minimum atomic E-state index is 0.699. The molecule has 0 bridgehead atoms. The summed E-state index contributed by atoms with van der Waals surface area (Å²) in [4.78, 5) is 2.75. The molecule has 2 heteroatoms. The molecule has 118 valence electrons. The summed E-state index contributed by atoms with van der Waals surface area (Å²) in [7, 11) is 0. The van der Waals surface area contributed by atoms with E-state index in [0.29, 0.717) is 6.04 Å². The van der Waals surface area contributed by atoms with Crippen LogP contribution in [-0.4, -0.2) is 36.6 Å². The first-order valence-corrected chi connectivity index (χ1v) is 9.18. The second-order valence-electron chi connectivity index (χ2n) is 7.45. The summed E-state index contributed by atoms with van der Waals surface area (Å²) in [5, 5.41) is 3.88. The summed E-state index contributed by atoms with van der Waals surface area (Å²) < 4.78 is 0.